The number of rotatable bonds is 5. The van der Waals surface area contributed by atoms with Crippen LogP contribution in [0.4, 0.5) is 10.1 Å². The molecule has 0 radical (unpaired) electrons. The van der Waals surface area contributed by atoms with Crippen molar-refractivity contribution in [2.24, 2.45) is 11.8 Å². The van der Waals surface area contributed by atoms with Gasteiger partial charge in [-0.1, -0.05) is 11.6 Å². The second-order valence-electron chi connectivity index (χ2n) is 5.64. The van der Waals surface area contributed by atoms with E-state index in [2.05, 4.69) is 4.72 Å². The van der Waals surface area contributed by atoms with E-state index in [0.717, 1.165) is 31.7 Å². The minimum absolute atomic E-state index is 0.0837. The van der Waals surface area contributed by atoms with Crippen molar-refractivity contribution in [1.29, 1.82) is 0 Å². The van der Waals surface area contributed by atoms with Crippen LogP contribution in [-0.2, 0) is 10.0 Å². The van der Waals surface area contributed by atoms with E-state index in [1.807, 2.05) is 0 Å². The second kappa shape index (κ2) is 4.86. The number of sulfonamides is 1. The number of nitrogen functional groups attached to an aromatic ring is 1. The third-order valence-electron chi connectivity index (χ3n) is 3.86. The molecule has 0 atom stereocenters. The van der Waals surface area contributed by atoms with Crippen molar-refractivity contribution in [3.05, 3.63) is 23.0 Å². The summed E-state index contributed by atoms with van der Waals surface area (Å²) in [6.07, 6.45) is 4.13. The molecule has 2 aliphatic carbocycles. The lowest BCUT2D eigenvalue weighted by atomic mass is 10.1. The molecule has 3 rings (SSSR count). The van der Waals surface area contributed by atoms with Gasteiger partial charge in [-0.2, -0.15) is 0 Å². The SMILES string of the molecule is Nc1cc(Cl)c(F)c(S(=O)(=O)NC(C2CC2)C2CC2)c1. The van der Waals surface area contributed by atoms with E-state index >= 15 is 0 Å². The zero-order valence-electron chi connectivity index (χ0n) is 10.8. The van der Waals surface area contributed by atoms with Crippen molar-refractivity contribution >= 4 is 27.3 Å². The molecule has 0 saturated heterocycles. The highest BCUT2D eigenvalue weighted by Gasteiger charge is 2.43. The smallest absolute Gasteiger partial charge is 0.243 e. The molecule has 20 heavy (non-hydrogen) atoms. The molecule has 0 amide bonds. The molecule has 2 saturated carbocycles. The van der Waals surface area contributed by atoms with Crippen LogP contribution in [0, 0.1) is 17.7 Å². The van der Waals surface area contributed by atoms with Gasteiger partial charge in [0.1, 0.15) is 4.90 Å². The number of hydrogen-bond donors (Lipinski definition) is 2. The van der Waals surface area contributed by atoms with Crippen LogP contribution in [-0.4, -0.2) is 14.5 Å². The molecule has 1 aromatic carbocycles. The lowest BCUT2D eigenvalue weighted by molar-refractivity contribution is 0.468. The molecule has 3 N–H and O–H groups in total. The van der Waals surface area contributed by atoms with E-state index in [4.69, 9.17) is 17.3 Å². The van der Waals surface area contributed by atoms with Crippen LogP contribution in [0.3, 0.4) is 0 Å². The lowest BCUT2D eigenvalue weighted by Crippen LogP contribution is -2.38. The Morgan fingerprint density at radius 1 is 1.25 bits per heavy atom. The van der Waals surface area contributed by atoms with Crippen molar-refractivity contribution in [1.82, 2.24) is 4.72 Å². The van der Waals surface area contributed by atoms with Gasteiger partial charge in [0.25, 0.3) is 0 Å². The minimum Gasteiger partial charge on any atom is -0.399 e. The monoisotopic (exact) mass is 318 g/mol. The summed E-state index contributed by atoms with van der Waals surface area (Å²) in [4.78, 5) is -0.464. The van der Waals surface area contributed by atoms with Crippen LogP contribution in [0.25, 0.3) is 0 Å². The maximum absolute atomic E-state index is 14.0. The fourth-order valence-electron chi connectivity index (χ4n) is 2.51. The molecular weight excluding hydrogens is 303 g/mol. The van der Waals surface area contributed by atoms with Gasteiger partial charge in [0, 0.05) is 11.7 Å². The highest BCUT2D eigenvalue weighted by molar-refractivity contribution is 7.89. The molecule has 110 valence electrons. The standard InChI is InChI=1S/C13H16ClFN2O2S/c14-10-5-9(16)6-11(12(10)15)20(18,19)17-13(7-1-2-7)8-3-4-8/h5-8,13,17H,1-4,16H2. The van der Waals surface area contributed by atoms with Gasteiger partial charge in [0.2, 0.25) is 10.0 Å². The fraction of sp³-hybridized carbons (Fsp3) is 0.538. The normalized spacial score (nSPS) is 19.6. The number of nitrogens with two attached hydrogens (primary N) is 1. The summed E-state index contributed by atoms with van der Waals surface area (Å²) < 4.78 is 41.3. The molecule has 0 unspecified atom stereocenters. The molecule has 2 fully saturated rings. The van der Waals surface area contributed by atoms with E-state index in [0.29, 0.717) is 11.8 Å². The molecule has 4 nitrogen and oxygen atoms in total. The summed E-state index contributed by atoms with van der Waals surface area (Å²) in [6.45, 7) is 0. The average molecular weight is 319 g/mol. The fourth-order valence-corrected chi connectivity index (χ4v) is 4.30. The topological polar surface area (TPSA) is 72.2 Å². The Hall–Kier alpha value is -0.850. The summed E-state index contributed by atoms with van der Waals surface area (Å²) in [5.74, 6) is -0.174. The maximum Gasteiger partial charge on any atom is 0.243 e. The molecule has 1 aromatic rings. The van der Waals surface area contributed by atoms with Crippen molar-refractivity contribution < 1.29 is 12.8 Å². The summed E-state index contributed by atoms with van der Waals surface area (Å²) in [7, 11) is -3.93. The van der Waals surface area contributed by atoms with Gasteiger partial charge < -0.3 is 5.73 Å². The number of halogens is 2. The number of benzene rings is 1. The first-order valence-corrected chi connectivity index (χ1v) is 8.51. The van der Waals surface area contributed by atoms with Crippen LogP contribution in [0.1, 0.15) is 25.7 Å². The Morgan fingerprint density at radius 2 is 1.80 bits per heavy atom. The molecule has 2 aliphatic rings. The average Bonchev–Trinajstić information content (AvgIpc) is 3.24. The van der Waals surface area contributed by atoms with Crippen LogP contribution in [0.2, 0.25) is 5.02 Å². The Bertz CT molecular complexity index is 630. The summed E-state index contributed by atoms with van der Waals surface area (Å²) in [5.41, 5.74) is 5.69. The Kier molecular flexibility index (Phi) is 3.43. The molecule has 0 aromatic heterocycles. The van der Waals surface area contributed by atoms with Crippen LogP contribution in [0.15, 0.2) is 17.0 Å². The van der Waals surface area contributed by atoms with Crippen LogP contribution >= 0.6 is 11.6 Å². The van der Waals surface area contributed by atoms with E-state index in [1.165, 1.54) is 6.07 Å². The summed E-state index contributed by atoms with van der Waals surface area (Å²) in [5, 5.41) is -0.278. The summed E-state index contributed by atoms with van der Waals surface area (Å²) in [6, 6.07) is 2.23. The molecular formula is C13H16ClFN2O2S. The molecule has 0 bridgehead atoms. The van der Waals surface area contributed by atoms with Crippen molar-refractivity contribution in [2.45, 2.75) is 36.6 Å². The van der Waals surface area contributed by atoms with E-state index < -0.39 is 20.7 Å². The van der Waals surface area contributed by atoms with Crippen LogP contribution in [0.5, 0.6) is 0 Å². The Labute approximate surface area is 122 Å². The van der Waals surface area contributed by atoms with Gasteiger partial charge >= 0.3 is 0 Å². The predicted molar refractivity (Wildman–Crippen MR) is 75.4 cm³/mol. The Balaban J connectivity index is 1.91. The number of nitrogens with one attached hydrogen (secondary N) is 1. The van der Waals surface area contributed by atoms with Crippen molar-refractivity contribution in [3.63, 3.8) is 0 Å². The number of hydrogen-bond acceptors (Lipinski definition) is 3. The van der Waals surface area contributed by atoms with Crippen molar-refractivity contribution in [2.75, 3.05) is 5.73 Å². The highest BCUT2D eigenvalue weighted by Crippen LogP contribution is 2.45. The first-order valence-electron chi connectivity index (χ1n) is 6.65. The highest BCUT2D eigenvalue weighted by atomic mass is 35.5. The minimum atomic E-state index is -3.93. The van der Waals surface area contributed by atoms with Gasteiger partial charge in [-0.25, -0.2) is 17.5 Å². The number of anilines is 1. The molecule has 0 heterocycles. The van der Waals surface area contributed by atoms with E-state index in [-0.39, 0.29) is 16.8 Å². The first kappa shape index (κ1) is 14.1. The first-order chi connectivity index (χ1) is 9.38. The second-order valence-corrected chi connectivity index (χ2v) is 7.73. The summed E-state index contributed by atoms with van der Waals surface area (Å²) >= 11 is 5.66. The Morgan fingerprint density at radius 3 is 2.30 bits per heavy atom. The van der Waals surface area contributed by atoms with Gasteiger partial charge in [-0.3, -0.25) is 0 Å². The quantitative estimate of drug-likeness (QED) is 0.819. The maximum atomic E-state index is 14.0. The zero-order valence-corrected chi connectivity index (χ0v) is 12.3. The van der Waals surface area contributed by atoms with Crippen molar-refractivity contribution in [3.8, 4) is 0 Å². The van der Waals surface area contributed by atoms with Gasteiger partial charge in [0.15, 0.2) is 5.82 Å². The lowest BCUT2D eigenvalue weighted by Gasteiger charge is -2.18. The molecule has 7 heteroatoms. The molecule has 0 spiro atoms. The van der Waals surface area contributed by atoms with E-state index in [9.17, 15) is 12.8 Å². The third kappa shape index (κ3) is 2.77. The predicted octanol–water partition coefficient (Wildman–Crippen LogP) is 2.53. The van der Waals surface area contributed by atoms with Gasteiger partial charge in [-0.05, 0) is 49.7 Å². The van der Waals surface area contributed by atoms with Crippen LogP contribution < -0.4 is 10.5 Å². The third-order valence-corrected chi connectivity index (χ3v) is 5.59. The van der Waals surface area contributed by atoms with Gasteiger partial charge in [0.05, 0.1) is 5.02 Å². The molecule has 0 aliphatic heterocycles. The zero-order chi connectivity index (χ0) is 14.5. The van der Waals surface area contributed by atoms with Gasteiger partial charge in [-0.15, -0.1) is 0 Å². The van der Waals surface area contributed by atoms with E-state index in [1.54, 1.807) is 0 Å². The largest absolute Gasteiger partial charge is 0.399 e.